The van der Waals surface area contributed by atoms with Gasteiger partial charge in [-0.15, -0.1) is 0 Å². The van der Waals surface area contributed by atoms with Crippen LogP contribution in [0.3, 0.4) is 0 Å². The van der Waals surface area contributed by atoms with Crippen LogP contribution in [0.1, 0.15) is 37.4 Å². The van der Waals surface area contributed by atoms with E-state index in [9.17, 15) is 0 Å². The number of morpholine rings is 1. The quantitative estimate of drug-likeness (QED) is 0.864. The van der Waals surface area contributed by atoms with Gasteiger partial charge in [-0.05, 0) is 31.5 Å². The van der Waals surface area contributed by atoms with Gasteiger partial charge in [-0.2, -0.15) is 0 Å². The lowest BCUT2D eigenvalue weighted by atomic mass is 10.0. The second-order valence-corrected chi connectivity index (χ2v) is 5.75. The van der Waals surface area contributed by atoms with Crippen molar-refractivity contribution in [3.8, 4) is 0 Å². The fourth-order valence-corrected chi connectivity index (χ4v) is 2.84. The molecule has 3 heteroatoms. The number of aryl methyl sites for hydroxylation is 1. The molecule has 1 fully saturated rings. The van der Waals surface area contributed by atoms with Crippen molar-refractivity contribution >= 4 is 0 Å². The van der Waals surface area contributed by atoms with Gasteiger partial charge in [0.1, 0.15) is 0 Å². The summed E-state index contributed by atoms with van der Waals surface area (Å²) >= 11 is 0. The molecule has 0 spiro atoms. The highest BCUT2D eigenvalue weighted by atomic mass is 16.5. The monoisotopic (exact) mass is 276 g/mol. The molecule has 1 aromatic rings. The lowest BCUT2D eigenvalue weighted by molar-refractivity contribution is -0.00416. The molecule has 1 heterocycles. The second-order valence-electron chi connectivity index (χ2n) is 5.75. The van der Waals surface area contributed by atoms with Gasteiger partial charge >= 0.3 is 0 Å². The van der Waals surface area contributed by atoms with Crippen LogP contribution in [-0.4, -0.2) is 44.3 Å². The van der Waals surface area contributed by atoms with Crippen molar-refractivity contribution in [2.75, 3.05) is 33.4 Å². The largest absolute Gasteiger partial charge is 0.379 e. The summed E-state index contributed by atoms with van der Waals surface area (Å²) in [6.45, 7) is 8.27. The van der Waals surface area contributed by atoms with Crippen molar-refractivity contribution in [3.05, 3.63) is 35.4 Å². The van der Waals surface area contributed by atoms with Crippen LogP contribution < -0.4 is 5.32 Å². The van der Waals surface area contributed by atoms with Gasteiger partial charge < -0.3 is 10.1 Å². The lowest BCUT2D eigenvalue weighted by Gasteiger charge is -2.35. The molecule has 2 atom stereocenters. The number of nitrogens with one attached hydrogen (secondary N) is 1. The Kier molecular flexibility index (Phi) is 6.02. The molecule has 0 amide bonds. The minimum absolute atomic E-state index is 0.395. The van der Waals surface area contributed by atoms with Gasteiger partial charge in [0.05, 0.1) is 13.2 Å². The van der Waals surface area contributed by atoms with E-state index in [0.717, 1.165) is 26.3 Å². The highest BCUT2D eigenvalue weighted by Crippen LogP contribution is 2.18. The van der Waals surface area contributed by atoms with Gasteiger partial charge in [0.2, 0.25) is 0 Å². The molecule has 2 rings (SSSR count). The van der Waals surface area contributed by atoms with E-state index in [-0.39, 0.29) is 0 Å². The Hall–Kier alpha value is -0.900. The number of benzene rings is 1. The molecule has 1 N–H and O–H groups in total. The number of rotatable bonds is 6. The molecular formula is C17H28N2O. The van der Waals surface area contributed by atoms with Gasteiger partial charge in [-0.25, -0.2) is 0 Å². The van der Waals surface area contributed by atoms with Crippen molar-refractivity contribution < 1.29 is 4.74 Å². The lowest BCUT2D eigenvalue weighted by Crippen LogP contribution is -2.46. The zero-order chi connectivity index (χ0) is 14.4. The molecule has 1 aliphatic heterocycles. The summed E-state index contributed by atoms with van der Waals surface area (Å²) in [7, 11) is 2.05. The van der Waals surface area contributed by atoms with Crippen LogP contribution in [-0.2, 0) is 11.2 Å². The maximum Gasteiger partial charge on any atom is 0.0619 e. The first kappa shape index (κ1) is 15.5. The average molecular weight is 276 g/mol. The zero-order valence-corrected chi connectivity index (χ0v) is 13.1. The molecule has 0 aromatic heterocycles. The Labute approximate surface area is 123 Å². The number of ether oxygens (including phenoxy) is 1. The molecule has 1 aliphatic rings. The highest BCUT2D eigenvalue weighted by molar-refractivity contribution is 5.25. The fraction of sp³-hybridized carbons (Fsp3) is 0.647. The van der Waals surface area contributed by atoms with Crippen molar-refractivity contribution in [1.82, 2.24) is 10.2 Å². The Morgan fingerprint density at radius 3 is 2.70 bits per heavy atom. The normalized spacial score (nSPS) is 21.9. The Bertz CT molecular complexity index is 390. The third-order valence-corrected chi connectivity index (χ3v) is 4.19. The van der Waals surface area contributed by atoms with Crippen LogP contribution in [0.25, 0.3) is 0 Å². The average Bonchev–Trinajstić information content (AvgIpc) is 2.48. The molecule has 0 saturated carbocycles. The summed E-state index contributed by atoms with van der Waals surface area (Å²) in [5, 5.41) is 3.46. The molecule has 0 aliphatic carbocycles. The third kappa shape index (κ3) is 4.05. The Balaban J connectivity index is 1.99. The summed E-state index contributed by atoms with van der Waals surface area (Å²) in [6.07, 6.45) is 2.38. The van der Waals surface area contributed by atoms with E-state index in [4.69, 9.17) is 4.74 Å². The minimum atomic E-state index is 0.395. The first-order valence-electron chi connectivity index (χ1n) is 7.82. The van der Waals surface area contributed by atoms with Crippen LogP contribution in [0.2, 0.25) is 0 Å². The van der Waals surface area contributed by atoms with Crippen LogP contribution in [0.5, 0.6) is 0 Å². The summed E-state index contributed by atoms with van der Waals surface area (Å²) in [5.74, 6) is 0. The third-order valence-electron chi connectivity index (χ3n) is 4.19. The highest BCUT2D eigenvalue weighted by Gasteiger charge is 2.22. The molecule has 1 aromatic carbocycles. The second kappa shape index (κ2) is 7.77. The Morgan fingerprint density at radius 1 is 1.35 bits per heavy atom. The molecule has 3 nitrogen and oxygen atoms in total. The zero-order valence-electron chi connectivity index (χ0n) is 13.1. The number of hydrogen-bond donors (Lipinski definition) is 1. The van der Waals surface area contributed by atoms with Crippen LogP contribution in [0.4, 0.5) is 0 Å². The maximum atomic E-state index is 5.51. The predicted octanol–water partition coefficient (Wildman–Crippen LogP) is 2.62. The maximum absolute atomic E-state index is 5.51. The summed E-state index contributed by atoms with van der Waals surface area (Å²) in [6, 6.07) is 10.00. The van der Waals surface area contributed by atoms with Crippen molar-refractivity contribution in [1.29, 1.82) is 0 Å². The molecule has 112 valence electrons. The van der Waals surface area contributed by atoms with Gasteiger partial charge in [0.15, 0.2) is 0 Å². The van der Waals surface area contributed by atoms with Crippen molar-refractivity contribution in [2.24, 2.45) is 0 Å². The smallest absolute Gasteiger partial charge is 0.0619 e. The number of hydrogen-bond acceptors (Lipinski definition) is 3. The van der Waals surface area contributed by atoms with E-state index in [1.807, 2.05) is 0 Å². The first-order chi connectivity index (χ1) is 9.74. The topological polar surface area (TPSA) is 24.5 Å². The number of likely N-dealkylation sites (N-methyl/N-ethyl adjacent to an activating group) is 1. The molecule has 0 radical (unpaired) electrons. The SMILES string of the molecule is CCCc1ccc(C(CN2CCOCC2C)NC)cc1. The molecular weight excluding hydrogens is 248 g/mol. The van der Waals surface area contributed by atoms with Crippen molar-refractivity contribution in [3.63, 3.8) is 0 Å². The summed E-state index contributed by atoms with van der Waals surface area (Å²) in [4.78, 5) is 2.52. The minimum Gasteiger partial charge on any atom is -0.379 e. The summed E-state index contributed by atoms with van der Waals surface area (Å²) < 4.78 is 5.51. The summed E-state index contributed by atoms with van der Waals surface area (Å²) in [5.41, 5.74) is 2.82. The first-order valence-corrected chi connectivity index (χ1v) is 7.82. The fourth-order valence-electron chi connectivity index (χ4n) is 2.84. The van der Waals surface area contributed by atoms with Crippen LogP contribution in [0.15, 0.2) is 24.3 Å². The molecule has 20 heavy (non-hydrogen) atoms. The van der Waals surface area contributed by atoms with E-state index < -0.39 is 0 Å². The van der Waals surface area contributed by atoms with E-state index in [1.165, 1.54) is 24.0 Å². The molecule has 0 bridgehead atoms. The van der Waals surface area contributed by atoms with Gasteiger partial charge in [0.25, 0.3) is 0 Å². The van der Waals surface area contributed by atoms with Gasteiger partial charge in [0, 0.05) is 25.2 Å². The van der Waals surface area contributed by atoms with Crippen LogP contribution in [0, 0.1) is 0 Å². The predicted molar refractivity (Wildman–Crippen MR) is 84.1 cm³/mol. The van der Waals surface area contributed by atoms with Crippen molar-refractivity contribution in [2.45, 2.75) is 38.8 Å². The number of nitrogens with zero attached hydrogens (tertiary/aromatic N) is 1. The van der Waals surface area contributed by atoms with E-state index >= 15 is 0 Å². The molecule has 1 saturated heterocycles. The van der Waals surface area contributed by atoms with E-state index in [1.54, 1.807) is 0 Å². The Morgan fingerprint density at radius 2 is 2.10 bits per heavy atom. The molecule has 2 unspecified atom stereocenters. The van der Waals surface area contributed by atoms with Gasteiger partial charge in [-0.3, -0.25) is 4.90 Å². The van der Waals surface area contributed by atoms with E-state index in [0.29, 0.717) is 12.1 Å². The van der Waals surface area contributed by atoms with E-state index in [2.05, 4.69) is 55.4 Å². The van der Waals surface area contributed by atoms with Gasteiger partial charge in [-0.1, -0.05) is 37.6 Å². The standard InChI is InChI=1S/C17H28N2O/c1-4-5-15-6-8-16(9-7-15)17(18-3)12-19-10-11-20-13-14(19)2/h6-9,14,17-18H,4-5,10-13H2,1-3H3. The van der Waals surface area contributed by atoms with Crippen LogP contribution >= 0.6 is 0 Å².